The normalized spacial score (nSPS) is 20.0. The van der Waals surface area contributed by atoms with Gasteiger partial charge in [-0.05, 0) is 43.9 Å². The van der Waals surface area contributed by atoms with Gasteiger partial charge in [0.05, 0.1) is 11.0 Å². The number of ether oxygens (including phenoxy) is 1. The van der Waals surface area contributed by atoms with Crippen molar-refractivity contribution in [3.05, 3.63) is 22.2 Å². The van der Waals surface area contributed by atoms with Crippen LogP contribution in [-0.2, 0) is 14.8 Å². The van der Waals surface area contributed by atoms with Crippen LogP contribution >= 0.6 is 15.9 Å². The van der Waals surface area contributed by atoms with E-state index in [1.807, 2.05) is 0 Å². The molecule has 0 aromatic heterocycles. The average molecular weight is 363 g/mol. The van der Waals surface area contributed by atoms with Crippen molar-refractivity contribution in [1.29, 1.82) is 0 Å². The molecule has 0 saturated carbocycles. The molecule has 0 amide bonds. The van der Waals surface area contributed by atoms with Gasteiger partial charge in [0, 0.05) is 23.3 Å². The van der Waals surface area contributed by atoms with Crippen LogP contribution in [0.5, 0.6) is 0 Å². The summed E-state index contributed by atoms with van der Waals surface area (Å²) in [4.78, 5) is 0.209. The van der Waals surface area contributed by atoms with E-state index in [1.54, 1.807) is 19.1 Å². The van der Waals surface area contributed by atoms with Gasteiger partial charge in [-0.15, -0.1) is 0 Å². The Morgan fingerprint density at radius 3 is 2.85 bits per heavy atom. The van der Waals surface area contributed by atoms with Crippen LogP contribution in [0.4, 0.5) is 5.69 Å². The van der Waals surface area contributed by atoms with Gasteiger partial charge in [0.2, 0.25) is 10.0 Å². The first-order valence-electron chi connectivity index (χ1n) is 6.57. The molecule has 0 bridgehead atoms. The fourth-order valence-electron chi connectivity index (χ4n) is 2.20. The summed E-state index contributed by atoms with van der Waals surface area (Å²) >= 11 is 3.27. The highest BCUT2D eigenvalue weighted by Crippen LogP contribution is 2.26. The quantitative estimate of drug-likeness (QED) is 0.804. The highest BCUT2D eigenvalue weighted by atomic mass is 79.9. The van der Waals surface area contributed by atoms with Crippen LogP contribution in [0.15, 0.2) is 21.5 Å². The number of nitrogen functional groups attached to an aromatic ring is 1. The van der Waals surface area contributed by atoms with Gasteiger partial charge in [-0.1, -0.05) is 15.9 Å². The minimum absolute atomic E-state index is 0.0386. The molecular formula is C13H19BrN2O3S. The molecule has 0 aliphatic carbocycles. The molecule has 1 unspecified atom stereocenters. The lowest BCUT2D eigenvalue weighted by atomic mass is 10.1. The summed E-state index contributed by atoms with van der Waals surface area (Å²) in [5, 5.41) is 0. The Kier molecular flexibility index (Phi) is 5.06. The Morgan fingerprint density at radius 1 is 1.45 bits per heavy atom. The van der Waals surface area contributed by atoms with Crippen molar-refractivity contribution in [2.24, 2.45) is 0 Å². The lowest BCUT2D eigenvalue weighted by Gasteiger charge is -2.23. The van der Waals surface area contributed by atoms with Gasteiger partial charge in [-0.25, -0.2) is 13.1 Å². The van der Waals surface area contributed by atoms with E-state index in [4.69, 9.17) is 10.5 Å². The minimum Gasteiger partial charge on any atom is -0.398 e. The maximum atomic E-state index is 12.4. The number of benzene rings is 1. The van der Waals surface area contributed by atoms with E-state index in [0.717, 1.165) is 19.3 Å². The topological polar surface area (TPSA) is 81.4 Å². The molecule has 112 valence electrons. The van der Waals surface area contributed by atoms with E-state index in [0.29, 0.717) is 28.9 Å². The van der Waals surface area contributed by atoms with Gasteiger partial charge in [0.15, 0.2) is 0 Å². The number of hydrogen-bond acceptors (Lipinski definition) is 4. The van der Waals surface area contributed by atoms with Crippen molar-refractivity contribution in [1.82, 2.24) is 4.72 Å². The molecular weight excluding hydrogens is 344 g/mol. The second-order valence-electron chi connectivity index (χ2n) is 4.96. The summed E-state index contributed by atoms with van der Waals surface area (Å²) in [6, 6.07) is 3.26. The Morgan fingerprint density at radius 2 is 2.20 bits per heavy atom. The first-order valence-corrected chi connectivity index (χ1v) is 8.84. The summed E-state index contributed by atoms with van der Waals surface area (Å²) < 4.78 is 33.5. The van der Waals surface area contributed by atoms with E-state index in [9.17, 15) is 8.42 Å². The lowest BCUT2D eigenvalue weighted by molar-refractivity contribution is 0.0200. The van der Waals surface area contributed by atoms with Crippen LogP contribution in [0.2, 0.25) is 0 Å². The molecule has 0 spiro atoms. The van der Waals surface area contributed by atoms with Gasteiger partial charge >= 0.3 is 0 Å². The third-order valence-electron chi connectivity index (χ3n) is 3.43. The predicted octanol–water partition coefficient (Wildman–Crippen LogP) is 2.19. The fraction of sp³-hybridized carbons (Fsp3) is 0.538. The molecule has 1 aliphatic rings. The van der Waals surface area contributed by atoms with Crippen molar-refractivity contribution in [3.8, 4) is 0 Å². The van der Waals surface area contributed by atoms with Crippen molar-refractivity contribution in [3.63, 3.8) is 0 Å². The molecule has 20 heavy (non-hydrogen) atoms. The summed E-state index contributed by atoms with van der Waals surface area (Å²) in [7, 11) is -3.58. The zero-order chi connectivity index (χ0) is 14.8. The zero-order valence-corrected chi connectivity index (χ0v) is 13.8. The van der Waals surface area contributed by atoms with Crippen LogP contribution < -0.4 is 10.5 Å². The molecule has 1 aromatic carbocycles. The Hall–Kier alpha value is -0.630. The van der Waals surface area contributed by atoms with Crippen molar-refractivity contribution >= 4 is 31.6 Å². The highest BCUT2D eigenvalue weighted by molar-refractivity contribution is 9.10. The maximum absolute atomic E-state index is 12.4. The maximum Gasteiger partial charge on any atom is 0.241 e. The summed E-state index contributed by atoms with van der Waals surface area (Å²) in [6.45, 7) is 2.71. The monoisotopic (exact) mass is 362 g/mol. The molecule has 0 radical (unpaired) electrons. The minimum atomic E-state index is -3.58. The number of sulfonamides is 1. The molecule has 1 saturated heterocycles. The Labute approximate surface area is 128 Å². The van der Waals surface area contributed by atoms with Crippen LogP contribution in [0, 0.1) is 6.92 Å². The van der Waals surface area contributed by atoms with Gasteiger partial charge in [0.1, 0.15) is 0 Å². The van der Waals surface area contributed by atoms with E-state index in [2.05, 4.69) is 20.7 Å². The summed E-state index contributed by atoms with van der Waals surface area (Å²) in [5.41, 5.74) is 6.82. The van der Waals surface area contributed by atoms with Gasteiger partial charge in [0.25, 0.3) is 0 Å². The molecule has 1 atom stereocenters. The van der Waals surface area contributed by atoms with Crippen molar-refractivity contribution < 1.29 is 13.2 Å². The smallest absolute Gasteiger partial charge is 0.241 e. The largest absolute Gasteiger partial charge is 0.398 e. The van der Waals surface area contributed by atoms with E-state index < -0.39 is 10.0 Å². The van der Waals surface area contributed by atoms with Crippen LogP contribution in [0.1, 0.15) is 24.8 Å². The number of nitrogens with two attached hydrogens (primary N) is 1. The van der Waals surface area contributed by atoms with Crippen LogP contribution in [0.25, 0.3) is 0 Å². The second kappa shape index (κ2) is 6.43. The summed E-state index contributed by atoms with van der Waals surface area (Å²) in [6.07, 6.45) is 2.98. The van der Waals surface area contributed by atoms with Crippen LogP contribution in [-0.4, -0.2) is 27.7 Å². The van der Waals surface area contributed by atoms with Gasteiger partial charge in [-0.3, -0.25) is 0 Å². The second-order valence-corrected chi connectivity index (χ2v) is 7.61. The molecule has 3 N–H and O–H groups in total. The number of halogens is 1. The van der Waals surface area contributed by atoms with Crippen molar-refractivity contribution in [2.75, 3.05) is 18.9 Å². The Bertz CT molecular complexity index is 584. The van der Waals surface area contributed by atoms with Crippen molar-refractivity contribution in [2.45, 2.75) is 37.2 Å². The SMILES string of the molecule is Cc1c(N)cc(Br)cc1S(=O)(=O)NCC1CCCCO1. The molecule has 1 heterocycles. The lowest BCUT2D eigenvalue weighted by Crippen LogP contribution is -2.35. The first kappa shape index (κ1) is 15.8. The third-order valence-corrected chi connectivity index (χ3v) is 5.44. The number of rotatable bonds is 4. The van der Waals surface area contributed by atoms with Crippen LogP contribution in [0.3, 0.4) is 0 Å². The molecule has 1 aromatic rings. The Balaban J connectivity index is 2.14. The number of anilines is 1. The zero-order valence-electron chi connectivity index (χ0n) is 11.4. The average Bonchev–Trinajstić information content (AvgIpc) is 2.42. The predicted molar refractivity (Wildman–Crippen MR) is 82.1 cm³/mol. The number of nitrogens with one attached hydrogen (secondary N) is 1. The van der Waals surface area contributed by atoms with E-state index in [-0.39, 0.29) is 11.0 Å². The molecule has 2 rings (SSSR count). The third kappa shape index (κ3) is 3.72. The fourth-order valence-corrected chi connectivity index (χ4v) is 4.19. The molecule has 7 heteroatoms. The summed E-state index contributed by atoms with van der Waals surface area (Å²) in [5.74, 6) is 0. The molecule has 5 nitrogen and oxygen atoms in total. The molecule has 1 aliphatic heterocycles. The standard InChI is InChI=1S/C13H19BrN2O3S/c1-9-12(15)6-10(14)7-13(9)20(17,18)16-8-11-4-2-3-5-19-11/h6-7,11,16H,2-5,8,15H2,1H3. The highest BCUT2D eigenvalue weighted by Gasteiger charge is 2.22. The first-order chi connectivity index (χ1) is 9.40. The molecule has 1 fully saturated rings. The number of hydrogen-bond donors (Lipinski definition) is 2. The van der Waals surface area contributed by atoms with E-state index in [1.165, 1.54) is 0 Å². The van der Waals surface area contributed by atoms with E-state index >= 15 is 0 Å². The van der Waals surface area contributed by atoms with Gasteiger partial charge < -0.3 is 10.5 Å². The van der Waals surface area contributed by atoms with Gasteiger partial charge in [-0.2, -0.15) is 0 Å².